The monoisotopic (exact) mass is 464 g/mol. The van der Waals surface area contributed by atoms with Gasteiger partial charge in [-0.15, -0.1) is 5.10 Å². The Kier molecular flexibility index (Phi) is 5.47. The summed E-state index contributed by atoms with van der Waals surface area (Å²) in [6.45, 7) is 2.95. The van der Waals surface area contributed by atoms with Crippen molar-refractivity contribution in [3.05, 3.63) is 64.1 Å². The number of fused-ring (bicyclic) bond motifs is 2. The molecule has 6 rings (SSSR count). The fourth-order valence-electron chi connectivity index (χ4n) is 4.47. The number of ether oxygens (including phenoxy) is 3. The first-order valence-corrected chi connectivity index (χ1v) is 11.3. The van der Waals surface area contributed by atoms with E-state index in [0.29, 0.717) is 54.6 Å². The van der Waals surface area contributed by atoms with Gasteiger partial charge in [-0.2, -0.15) is 0 Å². The summed E-state index contributed by atoms with van der Waals surface area (Å²) < 4.78 is 24.0. The standard InChI is InChI=1S/C23H24N6O5/c30-23-16(7-15-8-20-21(34-14-33-20)9-19(15)24-23)10-28(11-17-3-1-5-31-17)13-22-25-26-27-29(22)12-18-4-2-6-32-18/h2,4,6-9,17H,1,3,5,10-14H2,(H,24,30)/t17-/m1/s1. The van der Waals surface area contributed by atoms with Crippen LogP contribution in [-0.2, 0) is 24.4 Å². The Morgan fingerprint density at radius 1 is 1.18 bits per heavy atom. The highest BCUT2D eigenvalue weighted by Crippen LogP contribution is 2.35. The van der Waals surface area contributed by atoms with Gasteiger partial charge in [-0.25, -0.2) is 4.68 Å². The molecule has 5 heterocycles. The van der Waals surface area contributed by atoms with Crippen LogP contribution in [0.1, 0.15) is 30.0 Å². The molecule has 11 nitrogen and oxygen atoms in total. The lowest BCUT2D eigenvalue weighted by Gasteiger charge is -2.24. The normalized spacial score (nSPS) is 17.3. The second-order valence-corrected chi connectivity index (χ2v) is 8.55. The van der Waals surface area contributed by atoms with E-state index in [9.17, 15) is 4.79 Å². The van der Waals surface area contributed by atoms with Gasteiger partial charge >= 0.3 is 0 Å². The maximum atomic E-state index is 12.9. The topological polar surface area (TPSA) is 121 Å². The first-order chi connectivity index (χ1) is 16.7. The average Bonchev–Trinajstić information content (AvgIpc) is 3.63. The highest BCUT2D eigenvalue weighted by Gasteiger charge is 2.23. The predicted molar refractivity (Wildman–Crippen MR) is 119 cm³/mol. The number of nitrogens with one attached hydrogen (secondary N) is 1. The van der Waals surface area contributed by atoms with Gasteiger partial charge in [0.05, 0.1) is 24.4 Å². The van der Waals surface area contributed by atoms with E-state index >= 15 is 0 Å². The van der Waals surface area contributed by atoms with Crippen LogP contribution in [0.25, 0.3) is 10.9 Å². The van der Waals surface area contributed by atoms with Crippen molar-refractivity contribution in [3.63, 3.8) is 0 Å². The second kappa shape index (κ2) is 8.92. The zero-order valence-corrected chi connectivity index (χ0v) is 18.5. The number of aromatic nitrogens is 5. The van der Waals surface area contributed by atoms with Gasteiger partial charge in [-0.1, -0.05) is 0 Å². The van der Waals surface area contributed by atoms with Crippen molar-refractivity contribution in [2.45, 2.75) is 38.6 Å². The van der Waals surface area contributed by atoms with Crippen molar-refractivity contribution in [1.82, 2.24) is 30.1 Å². The molecule has 1 N–H and O–H groups in total. The molecule has 0 saturated carbocycles. The molecule has 11 heteroatoms. The molecule has 0 spiro atoms. The smallest absolute Gasteiger partial charge is 0.252 e. The van der Waals surface area contributed by atoms with Crippen LogP contribution in [0.5, 0.6) is 11.5 Å². The Morgan fingerprint density at radius 2 is 2.09 bits per heavy atom. The number of aromatic amines is 1. The van der Waals surface area contributed by atoms with Crippen molar-refractivity contribution in [2.24, 2.45) is 0 Å². The third kappa shape index (κ3) is 4.27. The number of tetrazole rings is 1. The van der Waals surface area contributed by atoms with Gasteiger partial charge in [-0.3, -0.25) is 9.69 Å². The number of pyridine rings is 1. The van der Waals surface area contributed by atoms with Crippen LogP contribution in [0, 0.1) is 0 Å². The molecule has 0 amide bonds. The van der Waals surface area contributed by atoms with Crippen LogP contribution in [0.15, 0.2) is 45.8 Å². The Labute approximate surface area is 194 Å². The van der Waals surface area contributed by atoms with Gasteiger partial charge in [0.2, 0.25) is 6.79 Å². The summed E-state index contributed by atoms with van der Waals surface area (Å²) in [4.78, 5) is 18.1. The van der Waals surface area contributed by atoms with Gasteiger partial charge in [0, 0.05) is 36.7 Å². The third-order valence-corrected chi connectivity index (χ3v) is 6.15. The number of nitrogens with zero attached hydrogens (tertiary/aromatic N) is 5. The minimum absolute atomic E-state index is 0.114. The number of H-pyrrole nitrogens is 1. The number of furan rings is 1. The fraction of sp³-hybridized carbons (Fsp3) is 0.391. The maximum Gasteiger partial charge on any atom is 0.252 e. The Bertz CT molecular complexity index is 1340. The first-order valence-electron chi connectivity index (χ1n) is 11.3. The van der Waals surface area contributed by atoms with E-state index in [0.717, 1.165) is 30.6 Å². The van der Waals surface area contributed by atoms with Crippen LogP contribution < -0.4 is 15.0 Å². The molecule has 2 aliphatic rings. The number of hydrogen-bond donors (Lipinski definition) is 1. The first kappa shape index (κ1) is 20.9. The average molecular weight is 464 g/mol. The summed E-state index contributed by atoms with van der Waals surface area (Å²) in [5, 5.41) is 13.1. The molecule has 0 aliphatic carbocycles. The van der Waals surface area contributed by atoms with Crippen LogP contribution in [-0.4, -0.2) is 56.1 Å². The third-order valence-electron chi connectivity index (χ3n) is 6.15. The van der Waals surface area contributed by atoms with E-state index in [2.05, 4.69) is 25.4 Å². The lowest BCUT2D eigenvalue weighted by molar-refractivity contribution is 0.0663. The van der Waals surface area contributed by atoms with Crippen molar-refractivity contribution >= 4 is 10.9 Å². The lowest BCUT2D eigenvalue weighted by Crippen LogP contribution is -2.34. The number of rotatable bonds is 8. The minimum Gasteiger partial charge on any atom is -0.467 e. The van der Waals surface area contributed by atoms with E-state index in [4.69, 9.17) is 18.6 Å². The lowest BCUT2D eigenvalue weighted by atomic mass is 10.1. The summed E-state index contributed by atoms with van der Waals surface area (Å²) in [7, 11) is 0. The molecule has 1 saturated heterocycles. The van der Waals surface area contributed by atoms with Crippen LogP contribution in [0.4, 0.5) is 0 Å². The van der Waals surface area contributed by atoms with Crippen molar-refractivity contribution in [2.75, 3.05) is 19.9 Å². The summed E-state index contributed by atoms with van der Waals surface area (Å²) in [6, 6.07) is 9.32. The van der Waals surface area contributed by atoms with Gasteiger partial charge in [0.25, 0.3) is 5.56 Å². The fourth-order valence-corrected chi connectivity index (χ4v) is 4.47. The largest absolute Gasteiger partial charge is 0.467 e. The van der Waals surface area contributed by atoms with Crippen molar-refractivity contribution < 1.29 is 18.6 Å². The van der Waals surface area contributed by atoms with Crippen molar-refractivity contribution in [3.8, 4) is 11.5 Å². The van der Waals surface area contributed by atoms with Gasteiger partial charge in [0.15, 0.2) is 17.3 Å². The Balaban J connectivity index is 1.27. The van der Waals surface area contributed by atoms with E-state index < -0.39 is 0 Å². The zero-order valence-electron chi connectivity index (χ0n) is 18.5. The summed E-state index contributed by atoms with van der Waals surface area (Å²) in [5.41, 5.74) is 1.22. The molecule has 1 aromatic carbocycles. The van der Waals surface area contributed by atoms with E-state index in [-0.39, 0.29) is 18.5 Å². The molecule has 0 bridgehead atoms. The van der Waals surface area contributed by atoms with Crippen molar-refractivity contribution in [1.29, 1.82) is 0 Å². The molecule has 0 radical (unpaired) electrons. The SMILES string of the molecule is O=c1[nH]c2cc3c(cc2cc1CN(Cc1nnnn1Cc1ccco1)C[C@H]1CCCO1)OCO3. The molecule has 1 fully saturated rings. The number of benzene rings is 1. The Morgan fingerprint density at radius 3 is 2.91 bits per heavy atom. The number of hydrogen-bond acceptors (Lipinski definition) is 9. The van der Waals surface area contributed by atoms with E-state index in [1.165, 1.54) is 0 Å². The molecule has 0 unspecified atom stereocenters. The van der Waals surface area contributed by atoms with Gasteiger partial charge in [-0.05, 0) is 47.5 Å². The van der Waals surface area contributed by atoms with E-state index in [1.54, 1.807) is 17.0 Å². The molecule has 3 aromatic heterocycles. The molecule has 176 valence electrons. The Hall–Kier alpha value is -3.70. The van der Waals surface area contributed by atoms with Crippen LogP contribution in [0.2, 0.25) is 0 Å². The molecular formula is C23H24N6O5. The highest BCUT2D eigenvalue weighted by molar-refractivity contribution is 5.83. The summed E-state index contributed by atoms with van der Waals surface area (Å²) in [5.74, 6) is 2.78. The molecule has 4 aromatic rings. The second-order valence-electron chi connectivity index (χ2n) is 8.55. The van der Waals surface area contributed by atoms with Gasteiger partial charge in [0.1, 0.15) is 12.3 Å². The summed E-state index contributed by atoms with van der Waals surface area (Å²) in [6.07, 6.45) is 3.77. The minimum atomic E-state index is -0.140. The summed E-state index contributed by atoms with van der Waals surface area (Å²) >= 11 is 0. The molecule has 1 atom stereocenters. The molecule has 34 heavy (non-hydrogen) atoms. The molecular weight excluding hydrogens is 440 g/mol. The maximum absolute atomic E-state index is 12.9. The highest BCUT2D eigenvalue weighted by atomic mass is 16.7. The van der Waals surface area contributed by atoms with Crippen LogP contribution in [0.3, 0.4) is 0 Å². The zero-order chi connectivity index (χ0) is 22.9. The van der Waals surface area contributed by atoms with Gasteiger partial charge < -0.3 is 23.6 Å². The molecule has 2 aliphatic heterocycles. The van der Waals surface area contributed by atoms with Crippen LogP contribution >= 0.6 is 0 Å². The predicted octanol–water partition coefficient (Wildman–Crippen LogP) is 2.07. The van der Waals surface area contributed by atoms with E-state index in [1.807, 2.05) is 24.3 Å². The quantitative estimate of drug-likeness (QED) is 0.418.